The highest BCUT2D eigenvalue weighted by molar-refractivity contribution is 6.09. The summed E-state index contributed by atoms with van der Waals surface area (Å²) in [5.74, 6) is -0.352. The lowest BCUT2D eigenvalue weighted by atomic mass is 9.97. The summed E-state index contributed by atoms with van der Waals surface area (Å²) in [6.07, 6.45) is 3.05. The Morgan fingerprint density at radius 1 is 1.00 bits per heavy atom. The fourth-order valence-corrected chi connectivity index (χ4v) is 3.86. The topological polar surface area (TPSA) is 96.5 Å². The lowest BCUT2D eigenvalue weighted by Crippen LogP contribution is -2.31. The number of amides is 1. The second kappa shape index (κ2) is 6.52. The third-order valence-electron chi connectivity index (χ3n) is 5.44. The molecule has 0 fully saturated rings. The predicted molar refractivity (Wildman–Crippen MR) is 111 cm³/mol. The van der Waals surface area contributed by atoms with Gasteiger partial charge in [0, 0.05) is 12.4 Å². The van der Waals surface area contributed by atoms with Crippen LogP contribution in [0.25, 0.3) is 11.0 Å². The number of aryl methyl sites for hydroxylation is 2. The number of aromatic hydroxyl groups is 1. The molecular weight excluding hydrogens is 382 g/mol. The number of carbonyl (C=O) groups excluding carboxylic acids is 1. The van der Waals surface area contributed by atoms with Crippen LogP contribution in [0, 0.1) is 13.8 Å². The van der Waals surface area contributed by atoms with Gasteiger partial charge >= 0.3 is 0 Å². The summed E-state index contributed by atoms with van der Waals surface area (Å²) in [6.45, 7) is 3.84. The summed E-state index contributed by atoms with van der Waals surface area (Å²) in [5, 5.41) is 10.4. The van der Waals surface area contributed by atoms with Gasteiger partial charge in [-0.05, 0) is 60.9 Å². The zero-order chi connectivity index (χ0) is 21.0. The second-order valence-corrected chi connectivity index (χ2v) is 7.33. The SMILES string of the molecule is Cc1cc2oc3c(c(=O)c2cc1C)C(c1cccc(O)c1)N(c1ncccn1)C3=O. The summed E-state index contributed by atoms with van der Waals surface area (Å²) >= 11 is 0. The molecule has 0 bridgehead atoms. The van der Waals surface area contributed by atoms with Crippen molar-refractivity contribution in [1.29, 1.82) is 0 Å². The largest absolute Gasteiger partial charge is 0.508 e. The van der Waals surface area contributed by atoms with E-state index in [1.54, 1.807) is 30.3 Å². The van der Waals surface area contributed by atoms with Crippen LogP contribution in [0.15, 0.2) is 64.1 Å². The number of hydrogen-bond acceptors (Lipinski definition) is 6. The highest BCUT2D eigenvalue weighted by atomic mass is 16.3. The molecule has 0 saturated heterocycles. The van der Waals surface area contributed by atoms with E-state index >= 15 is 0 Å². The molecule has 1 unspecified atom stereocenters. The maximum atomic E-state index is 13.5. The molecule has 1 aliphatic rings. The van der Waals surface area contributed by atoms with Gasteiger partial charge in [-0.25, -0.2) is 9.97 Å². The molecular formula is C23H17N3O4. The molecule has 30 heavy (non-hydrogen) atoms. The molecule has 2 aromatic heterocycles. The third kappa shape index (κ3) is 2.59. The predicted octanol–water partition coefficient (Wildman–Crippen LogP) is 3.66. The maximum absolute atomic E-state index is 13.5. The van der Waals surface area contributed by atoms with Crippen molar-refractivity contribution in [2.24, 2.45) is 0 Å². The number of fused-ring (bicyclic) bond motifs is 2. The number of benzene rings is 2. The van der Waals surface area contributed by atoms with Crippen LogP contribution in [0.3, 0.4) is 0 Å². The molecule has 2 aromatic carbocycles. The molecule has 0 saturated carbocycles. The molecule has 0 radical (unpaired) electrons. The third-order valence-corrected chi connectivity index (χ3v) is 5.44. The monoisotopic (exact) mass is 399 g/mol. The number of anilines is 1. The first-order valence-electron chi connectivity index (χ1n) is 9.43. The lowest BCUT2D eigenvalue weighted by Gasteiger charge is -2.23. The van der Waals surface area contributed by atoms with Crippen LogP contribution in [0.4, 0.5) is 5.95 Å². The Bertz CT molecular complexity index is 1380. The summed E-state index contributed by atoms with van der Waals surface area (Å²) in [6, 6.07) is 10.8. The van der Waals surface area contributed by atoms with Gasteiger partial charge in [0.25, 0.3) is 5.91 Å². The Balaban J connectivity index is 1.85. The Morgan fingerprint density at radius 3 is 2.47 bits per heavy atom. The molecule has 3 heterocycles. The van der Waals surface area contributed by atoms with Crippen molar-refractivity contribution in [2.45, 2.75) is 19.9 Å². The van der Waals surface area contributed by atoms with Crippen LogP contribution < -0.4 is 10.3 Å². The molecule has 1 N–H and O–H groups in total. The van der Waals surface area contributed by atoms with Gasteiger partial charge in [0.15, 0.2) is 5.43 Å². The van der Waals surface area contributed by atoms with Gasteiger partial charge in [-0.1, -0.05) is 12.1 Å². The van der Waals surface area contributed by atoms with E-state index in [1.165, 1.54) is 29.4 Å². The number of rotatable bonds is 2. The van der Waals surface area contributed by atoms with Crippen molar-refractivity contribution in [3.8, 4) is 5.75 Å². The van der Waals surface area contributed by atoms with Gasteiger partial charge in [0.05, 0.1) is 17.0 Å². The van der Waals surface area contributed by atoms with Crippen LogP contribution in [-0.4, -0.2) is 21.0 Å². The number of carbonyl (C=O) groups is 1. The van der Waals surface area contributed by atoms with Crippen LogP contribution in [0.2, 0.25) is 0 Å². The number of phenols is 1. The molecule has 7 nitrogen and oxygen atoms in total. The second-order valence-electron chi connectivity index (χ2n) is 7.33. The highest BCUT2D eigenvalue weighted by Crippen LogP contribution is 2.40. The van der Waals surface area contributed by atoms with E-state index in [2.05, 4.69) is 9.97 Å². The minimum absolute atomic E-state index is 0.0268. The molecule has 1 atom stereocenters. The molecule has 7 heteroatoms. The van der Waals surface area contributed by atoms with Gasteiger partial charge in [0.1, 0.15) is 11.3 Å². The first-order chi connectivity index (χ1) is 14.5. The zero-order valence-corrected chi connectivity index (χ0v) is 16.3. The van der Waals surface area contributed by atoms with E-state index in [4.69, 9.17) is 4.42 Å². The first kappa shape index (κ1) is 18.1. The minimum Gasteiger partial charge on any atom is -0.508 e. The quantitative estimate of drug-likeness (QED) is 0.553. The summed E-state index contributed by atoms with van der Waals surface area (Å²) in [7, 11) is 0. The van der Waals surface area contributed by atoms with Crippen molar-refractivity contribution in [3.63, 3.8) is 0 Å². The van der Waals surface area contributed by atoms with Crippen molar-refractivity contribution in [2.75, 3.05) is 4.90 Å². The number of hydrogen-bond donors (Lipinski definition) is 1. The Morgan fingerprint density at radius 2 is 1.73 bits per heavy atom. The molecule has 0 spiro atoms. The molecule has 4 aromatic rings. The molecule has 0 aliphatic carbocycles. The minimum atomic E-state index is -0.816. The van der Waals surface area contributed by atoms with Crippen LogP contribution in [-0.2, 0) is 0 Å². The molecule has 1 aliphatic heterocycles. The van der Waals surface area contributed by atoms with Gasteiger partial charge in [-0.3, -0.25) is 14.5 Å². The van der Waals surface area contributed by atoms with E-state index in [9.17, 15) is 14.7 Å². The molecule has 148 valence electrons. The Hall–Kier alpha value is -4.00. The van der Waals surface area contributed by atoms with Crippen molar-refractivity contribution in [1.82, 2.24) is 9.97 Å². The number of aromatic nitrogens is 2. The van der Waals surface area contributed by atoms with Crippen LogP contribution in [0.5, 0.6) is 5.75 Å². The first-order valence-corrected chi connectivity index (χ1v) is 9.43. The Kier molecular flexibility index (Phi) is 3.92. The maximum Gasteiger partial charge on any atom is 0.297 e. The van der Waals surface area contributed by atoms with Gasteiger partial charge < -0.3 is 9.52 Å². The zero-order valence-electron chi connectivity index (χ0n) is 16.3. The average Bonchev–Trinajstić information content (AvgIpc) is 3.03. The summed E-state index contributed by atoms with van der Waals surface area (Å²) < 4.78 is 5.96. The molecule has 1 amide bonds. The highest BCUT2D eigenvalue weighted by Gasteiger charge is 2.45. The Labute approximate surface area is 171 Å². The van der Waals surface area contributed by atoms with Gasteiger partial charge in [-0.2, -0.15) is 0 Å². The van der Waals surface area contributed by atoms with E-state index < -0.39 is 11.9 Å². The summed E-state index contributed by atoms with van der Waals surface area (Å²) in [4.78, 5) is 36.6. The standard InChI is InChI=1S/C23H17N3O4/c1-12-9-16-17(10-13(12)2)30-21-18(20(16)28)19(14-5-3-6-15(27)11-14)26(22(21)29)23-24-7-4-8-25-23/h3-11,19,27H,1-2H3. The smallest absolute Gasteiger partial charge is 0.297 e. The normalized spacial score (nSPS) is 15.6. The fourth-order valence-electron chi connectivity index (χ4n) is 3.86. The number of phenolic OH excluding ortho intramolecular Hbond substituents is 1. The lowest BCUT2D eigenvalue weighted by molar-refractivity contribution is 0.0969. The van der Waals surface area contributed by atoms with Crippen molar-refractivity contribution < 1.29 is 14.3 Å². The van der Waals surface area contributed by atoms with Crippen LogP contribution >= 0.6 is 0 Å². The van der Waals surface area contributed by atoms with Crippen LogP contribution in [0.1, 0.15) is 38.9 Å². The van der Waals surface area contributed by atoms with Crippen molar-refractivity contribution >= 4 is 22.8 Å². The van der Waals surface area contributed by atoms with E-state index in [-0.39, 0.29) is 28.5 Å². The van der Waals surface area contributed by atoms with E-state index in [0.717, 1.165) is 11.1 Å². The van der Waals surface area contributed by atoms with E-state index in [0.29, 0.717) is 16.5 Å². The van der Waals surface area contributed by atoms with Gasteiger partial charge in [-0.15, -0.1) is 0 Å². The van der Waals surface area contributed by atoms with Gasteiger partial charge in [0.2, 0.25) is 11.7 Å². The fraction of sp³-hybridized carbons (Fsp3) is 0.130. The van der Waals surface area contributed by atoms with Crippen molar-refractivity contribution in [3.05, 3.63) is 93.1 Å². The molecule has 5 rings (SSSR count). The average molecular weight is 399 g/mol. The number of nitrogens with zero attached hydrogens (tertiary/aromatic N) is 3. The summed E-state index contributed by atoms with van der Waals surface area (Å²) in [5.41, 5.74) is 2.77. The van der Waals surface area contributed by atoms with E-state index in [1.807, 2.05) is 13.8 Å².